The summed E-state index contributed by atoms with van der Waals surface area (Å²) in [4.78, 5) is 10.8. The van der Waals surface area contributed by atoms with E-state index in [2.05, 4.69) is 14.8 Å². The van der Waals surface area contributed by atoms with Crippen LogP contribution < -0.4 is 14.8 Å². The standard InChI is InChI=1S/C17H13F6NO4/c18-16(19,20)27-12-5-1-3-10(7-12)14(9-24-15(25)26)11-4-2-6-13(8-11)28-17(21,22)23/h1-8,14,24H,9H2,(H,25,26). The maximum Gasteiger partial charge on any atom is 0.573 e. The van der Waals surface area contributed by atoms with Crippen LogP contribution in [0.4, 0.5) is 31.1 Å². The lowest BCUT2D eigenvalue weighted by Gasteiger charge is -2.20. The van der Waals surface area contributed by atoms with Crippen LogP contribution in [0, 0.1) is 0 Å². The van der Waals surface area contributed by atoms with Gasteiger partial charge >= 0.3 is 18.8 Å². The fourth-order valence-electron chi connectivity index (χ4n) is 2.47. The van der Waals surface area contributed by atoms with Crippen LogP contribution >= 0.6 is 0 Å². The molecule has 28 heavy (non-hydrogen) atoms. The Morgan fingerprint density at radius 1 is 0.893 bits per heavy atom. The van der Waals surface area contributed by atoms with Gasteiger partial charge in [-0.25, -0.2) is 4.79 Å². The zero-order chi connectivity index (χ0) is 20.9. The second kappa shape index (κ2) is 8.28. The molecule has 0 spiro atoms. The van der Waals surface area contributed by atoms with Crippen molar-refractivity contribution in [1.29, 1.82) is 0 Å². The zero-order valence-electron chi connectivity index (χ0n) is 13.8. The lowest BCUT2D eigenvalue weighted by Crippen LogP contribution is -2.27. The minimum absolute atomic E-state index is 0.194. The van der Waals surface area contributed by atoms with Crippen molar-refractivity contribution in [2.45, 2.75) is 18.6 Å². The summed E-state index contributed by atoms with van der Waals surface area (Å²) in [6, 6.07) is 9.44. The molecule has 0 unspecified atom stereocenters. The monoisotopic (exact) mass is 409 g/mol. The largest absolute Gasteiger partial charge is 0.573 e. The zero-order valence-corrected chi connectivity index (χ0v) is 13.8. The number of ether oxygens (including phenoxy) is 2. The molecule has 11 heteroatoms. The van der Waals surface area contributed by atoms with Crippen molar-refractivity contribution >= 4 is 6.09 Å². The van der Waals surface area contributed by atoms with Gasteiger partial charge in [0.25, 0.3) is 0 Å². The van der Waals surface area contributed by atoms with E-state index in [1.165, 1.54) is 24.3 Å². The number of carbonyl (C=O) groups is 1. The Morgan fingerprint density at radius 2 is 1.32 bits per heavy atom. The van der Waals surface area contributed by atoms with Gasteiger partial charge in [-0.05, 0) is 35.4 Å². The van der Waals surface area contributed by atoms with Gasteiger partial charge in [-0.3, -0.25) is 0 Å². The number of carboxylic acid groups (broad SMARTS) is 1. The predicted molar refractivity (Wildman–Crippen MR) is 84.1 cm³/mol. The topological polar surface area (TPSA) is 67.8 Å². The number of benzene rings is 2. The molecular weight excluding hydrogens is 396 g/mol. The first kappa shape index (κ1) is 21.2. The van der Waals surface area contributed by atoms with Crippen LogP contribution in [-0.4, -0.2) is 30.5 Å². The molecule has 2 aromatic rings. The Balaban J connectivity index is 2.39. The summed E-state index contributed by atoms with van der Waals surface area (Å²) >= 11 is 0. The number of alkyl halides is 6. The second-order valence-electron chi connectivity index (χ2n) is 5.48. The van der Waals surface area contributed by atoms with Crippen molar-refractivity contribution in [3.05, 3.63) is 59.7 Å². The highest BCUT2D eigenvalue weighted by Crippen LogP contribution is 2.32. The third-order valence-corrected chi connectivity index (χ3v) is 3.45. The quantitative estimate of drug-likeness (QED) is 0.668. The number of amides is 1. The number of rotatable bonds is 6. The number of halogens is 6. The van der Waals surface area contributed by atoms with Gasteiger partial charge < -0.3 is 19.9 Å². The van der Waals surface area contributed by atoms with Crippen molar-refractivity contribution < 1.29 is 45.7 Å². The summed E-state index contributed by atoms with van der Waals surface area (Å²) in [7, 11) is 0. The molecule has 0 radical (unpaired) electrons. The molecule has 0 aromatic heterocycles. The van der Waals surface area contributed by atoms with E-state index in [9.17, 15) is 31.1 Å². The smallest absolute Gasteiger partial charge is 0.465 e. The molecule has 0 saturated carbocycles. The SMILES string of the molecule is O=C(O)NCC(c1cccc(OC(F)(F)F)c1)c1cccc(OC(F)(F)F)c1. The Labute approximate surface area is 154 Å². The minimum Gasteiger partial charge on any atom is -0.465 e. The maximum absolute atomic E-state index is 12.4. The fraction of sp³-hybridized carbons (Fsp3) is 0.235. The number of nitrogens with one attached hydrogen (secondary N) is 1. The lowest BCUT2D eigenvalue weighted by molar-refractivity contribution is -0.275. The van der Waals surface area contributed by atoms with Crippen LogP contribution in [0.2, 0.25) is 0 Å². The van der Waals surface area contributed by atoms with Crippen molar-refractivity contribution in [1.82, 2.24) is 5.32 Å². The van der Waals surface area contributed by atoms with E-state index < -0.39 is 36.2 Å². The summed E-state index contributed by atoms with van der Waals surface area (Å²) in [5.74, 6) is -1.99. The van der Waals surface area contributed by atoms with Crippen LogP contribution in [0.15, 0.2) is 48.5 Å². The first-order valence-electron chi connectivity index (χ1n) is 7.61. The molecule has 0 fully saturated rings. The van der Waals surface area contributed by atoms with Crippen molar-refractivity contribution in [2.24, 2.45) is 0 Å². The molecule has 2 N–H and O–H groups in total. The highest BCUT2D eigenvalue weighted by Gasteiger charge is 2.32. The van der Waals surface area contributed by atoms with E-state index in [1.807, 2.05) is 0 Å². The van der Waals surface area contributed by atoms with Crippen molar-refractivity contribution in [2.75, 3.05) is 6.54 Å². The fourth-order valence-corrected chi connectivity index (χ4v) is 2.47. The minimum atomic E-state index is -4.94. The first-order valence-corrected chi connectivity index (χ1v) is 7.61. The van der Waals surface area contributed by atoms with Gasteiger partial charge in [0, 0.05) is 12.5 Å². The highest BCUT2D eigenvalue weighted by atomic mass is 19.4. The Kier molecular flexibility index (Phi) is 6.26. The van der Waals surface area contributed by atoms with Gasteiger partial charge in [-0.15, -0.1) is 26.3 Å². The molecule has 0 aliphatic rings. The molecule has 1 amide bonds. The van der Waals surface area contributed by atoms with E-state index >= 15 is 0 Å². The lowest BCUT2D eigenvalue weighted by atomic mass is 9.91. The van der Waals surface area contributed by atoms with Gasteiger partial charge in [0.15, 0.2) is 0 Å². The van der Waals surface area contributed by atoms with E-state index in [0.717, 1.165) is 24.3 Å². The predicted octanol–water partition coefficient (Wildman–Crippen LogP) is 4.88. The van der Waals surface area contributed by atoms with Gasteiger partial charge in [0.2, 0.25) is 0 Å². The third-order valence-electron chi connectivity index (χ3n) is 3.45. The van der Waals surface area contributed by atoms with Crippen LogP contribution in [0.3, 0.4) is 0 Å². The summed E-state index contributed by atoms with van der Waals surface area (Å²) in [5.41, 5.74) is 0.388. The molecular formula is C17H13F6NO4. The first-order chi connectivity index (χ1) is 12.9. The average Bonchev–Trinajstić information content (AvgIpc) is 2.52. The molecule has 2 rings (SSSR count). The molecule has 2 aromatic carbocycles. The Hall–Kier alpha value is -3.11. The molecule has 0 heterocycles. The highest BCUT2D eigenvalue weighted by molar-refractivity contribution is 5.64. The Bertz CT molecular complexity index is 762. The number of hydrogen-bond donors (Lipinski definition) is 2. The van der Waals surface area contributed by atoms with E-state index in [1.54, 1.807) is 0 Å². The van der Waals surface area contributed by atoms with Crippen LogP contribution in [-0.2, 0) is 0 Å². The van der Waals surface area contributed by atoms with Crippen LogP contribution in [0.25, 0.3) is 0 Å². The normalized spacial score (nSPS) is 12.0. The van der Waals surface area contributed by atoms with Gasteiger partial charge in [0.1, 0.15) is 11.5 Å². The van der Waals surface area contributed by atoms with E-state index in [4.69, 9.17) is 5.11 Å². The third kappa shape index (κ3) is 6.89. The molecule has 0 atom stereocenters. The maximum atomic E-state index is 12.4. The average molecular weight is 409 g/mol. The Morgan fingerprint density at radius 3 is 1.68 bits per heavy atom. The summed E-state index contributed by atoms with van der Waals surface area (Å²) in [6.07, 6.45) is -11.3. The second-order valence-corrected chi connectivity index (χ2v) is 5.48. The molecule has 0 aliphatic heterocycles. The summed E-state index contributed by atoms with van der Waals surface area (Å²) < 4.78 is 82.2. The molecule has 0 saturated heterocycles. The molecule has 0 aliphatic carbocycles. The van der Waals surface area contributed by atoms with Crippen molar-refractivity contribution in [3.8, 4) is 11.5 Å². The van der Waals surface area contributed by atoms with Gasteiger partial charge in [0.05, 0.1) is 0 Å². The van der Waals surface area contributed by atoms with E-state index in [-0.39, 0.29) is 17.7 Å². The molecule has 0 bridgehead atoms. The molecule has 152 valence electrons. The van der Waals surface area contributed by atoms with Crippen molar-refractivity contribution in [3.63, 3.8) is 0 Å². The van der Waals surface area contributed by atoms with Gasteiger partial charge in [-0.1, -0.05) is 24.3 Å². The van der Waals surface area contributed by atoms with Crippen LogP contribution in [0.1, 0.15) is 17.0 Å². The summed E-state index contributed by atoms with van der Waals surface area (Å²) in [6.45, 7) is -0.305. The van der Waals surface area contributed by atoms with E-state index in [0.29, 0.717) is 0 Å². The molecule has 5 nitrogen and oxygen atoms in total. The van der Waals surface area contributed by atoms with Gasteiger partial charge in [-0.2, -0.15) is 0 Å². The summed E-state index contributed by atoms with van der Waals surface area (Å²) in [5, 5.41) is 10.9. The number of hydrogen-bond acceptors (Lipinski definition) is 3. The van der Waals surface area contributed by atoms with Crippen LogP contribution in [0.5, 0.6) is 11.5 Å².